The highest BCUT2D eigenvalue weighted by Crippen LogP contribution is 2.30. The summed E-state index contributed by atoms with van der Waals surface area (Å²) in [5, 5.41) is 5.41. The number of allylic oxidation sites excluding steroid dienone is 1. The van der Waals surface area contributed by atoms with Crippen LogP contribution in [-0.2, 0) is 28.9 Å². The molecular formula is C13H23BN2O6S. The lowest BCUT2D eigenvalue weighted by atomic mass is 9.67. The molecular weight excluding hydrogens is 323 g/mol. The zero-order valence-electron chi connectivity index (χ0n) is 13.6. The number of primary sulfonamides is 1. The molecule has 10 heteroatoms. The Morgan fingerprint density at radius 2 is 1.83 bits per heavy atom. The summed E-state index contributed by atoms with van der Waals surface area (Å²) < 4.78 is 33.0. The van der Waals surface area contributed by atoms with Crippen LogP contribution < -0.4 is 5.14 Å². The number of nitrogens with zero attached hydrogens (tertiary/aromatic N) is 1. The van der Waals surface area contributed by atoms with Crippen molar-refractivity contribution in [2.45, 2.75) is 37.8 Å². The summed E-state index contributed by atoms with van der Waals surface area (Å²) in [7, 11) is -4.25. The van der Waals surface area contributed by atoms with E-state index < -0.39 is 33.7 Å². The van der Waals surface area contributed by atoms with Gasteiger partial charge >= 0.3 is 19.1 Å². The summed E-state index contributed by atoms with van der Waals surface area (Å²) in [4.78, 5) is 25.2. The van der Waals surface area contributed by atoms with Crippen LogP contribution in [0.15, 0.2) is 12.2 Å². The van der Waals surface area contributed by atoms with Crippen LogP contribution in [0, 0.1) is 0 Å². The number of hydrogen-bond acceptors (Lipinski definition) is 7. The Bertz CT molecular complexity index is 559. The van der Waals surface area contributed by atoms with Crippen LogP contribution >= 0.6 is 0 Å². The van der Waals surface area contributed by atoms with E-state index in [9.17, 15) is 18.0 Å². The molecule has 0 aromatic carbocycles. The lowest BCUT2D eigenvalue weighted by molar-refractivity contribution is -0.146. The molecule has 0 saturated carbocycles. The highest BCUT2D eigenvalue weighted by molar-refractivity contribution is 7.92. The lowest BCUT2D eigenvalue weighted by Gasteiger charge is -2.33. The van der Waals surface area contributed by atoms with E-state index in [4.69, 9.17) is 14.4 Å². The molecule has 1 atom stereocenters. The van der Waals surface area contributed by atoms with E-state index in [-0.39, 0.29) is 19.5 Å². The van der Waals surface area contributed by atoms with Crippen molar-refractivity contribution < 1.29 is 27.3 Å². The van der Waals surface area contributed by atoms with Gasteiger partial charge in [0.05, 0.1) is 13.1 Å². The highest BCUT2D eigenvalue weighted by Gasteiger charge is 2.58. The Labute approximate surface area is 137 Å². The molecule has 1 unspecified atom stereocenters. The van der Waals surface area contributed by atoms with E-state index in [2.05, 4.69) is 0 Å². The summed E-state index contributed by atoms with van der Waals surface area (Å²) in [6.07, 6.45) is 4.10. The second kappa shape index (κ2) is 7.94. The molecule has 0 aromatic rings. The van der Waals surface area contributed by atoms with Gasteiger partial charge in [-0.2, -0.15) is 0 Å². The standard InChI is InChI=1S/C13H23BN2O6S/c1-4-6-8-13(7-5-2,23(15,19)20)14-21-11(17)9-16(3)10-12(18)22-14/h5,7H,4,6,8-10H2,1-3H3,(H2,15,19,20)/b7-5+. The van der Waals surface area contributed by atoms with Crippen molar-refractivity contribution in [2.24, 2.45) is 5.14 Å². The summed E-state index contributed by atoms with van der Waals surface area (Å²) in [5.41, 5.74) is 0. The van der Waals surface area contributed by atoms with Gasteiger partial charge in [-0.3, -0.25) is 14.5 Å². The zero-order valence-corrected chi connectivity index (χ0v) is 14.5. The van der Waals surface area contributed by atoms with Gasteiger partial charge in [-0.25, -0.2) is 13.6 Å². The van der Waals surface area contributed by atoms with E-state index in [1.165, 1.54) is 17.1 Å². The van der Waals surface area contributed by atoms with Crippen LogP contribution in [-0.4, -0.2) is 57.2 Å². The molecule has 0 amide bonds. The SMILES string of the molecule is C/C=C/C(CCCC)(B1OC(=O)CN(C)CC(=O)O1)S(N)(=O)=O. The Balaban J connectivity index is 3.31. The molecule has 23 heavy (non-hydrogen) atoms. The molecule has 1 saturated heterocycles. The quantitative estimate of drug-likeness (QED) is 0.525. The van der Waals surface area contributed by atoms with Gasteiger partial charge in [-0.1, -0.05) is 31.9 Å². The molecule has 0 bridgehead atoms. The first-order valence-corrected chi connectivity index (χ1v) is 8.94. The first-order chi connectivity index (χ1) is 10.7. The molecule has 0 aliphatic carbocycles. The number of carbonyl (C=O) groups is 2. The maximum absolute atomic E-state index is 12.3. The third-order valence-corrected chi connectivity index (χ3v) is 5.17. The fourth-order valence-electron chi connectivity index (χ4n) is 2.42. The number of carbonyl (C=O) groups excluding carboxylic acids is 2. The molecule has 0 spiro atoms. The first-order valence-electron chi connectivity index (χ1n) is 7.40. The molecule has 1 aliphatic heterocycles. The van der Waals surface area contributed by atoms with Gasteiger partial charge in [-0.05, 0) is 20.4 Å². The van der Waals surface area contributed by atoms with E-state index in [1.807, 2.05) is 6.92 Å². The minimum absolute atomic E-state index is 0.0771. The van der Waals surface area contributed by atoms with Gasteiger partial charge in [0.15, 0.2) is 4.65 Å². The van der Waals surface area contributed by atoms with E-state index in [1.54, 1.807) is 14.0 Å². The van der Waals surface area contributed by atoms with Crippen molar-refractivity contribution in [3.63, 3.8) is 0 Å². The molecule has 0 radical (unpaired) electrons. The largest absolute Gasteiger partial charge is 0.626 e. The first kappa shape index (κ1) is 19.7. The van der Waals surface area contributed by atoms with Gasteiger partial charge < -0.3 is 9.31 Å². The molecule has 1 rings (SSSR count). The minimum atomic E-state index is -4.20. The van der Waals surface area contributed by atoms with Crippen molar-refractivity contribution in [3.05, 3.63) is 12.2 Å². The number of nitrogens with two attached hydrogens (primary N) is 1. The fraction of sp³-hybridized carbons (Fsp3) is 0.692. The van der Waals surface area contributed by atoms with E-state index >= 15 is 0 Å². The zero-order chi connectivity index (χ0) is 17.7. The van der Waals surface area contributed by atoms with Crippen LogP contribution in [0.3, 0.4) is 0 Å². The summed E-state index contributed by atoms with van der Waals surface area (Å²) in [6.45, 7) is 3.22. The van der Waals surface area contributed by atoms with Crippen molar-refractivity contribution in [2.75, 3.05) is 20.1 Å². The van der Waals surface area contributed by atoms with E-state index in [0.29, 0.717) is 12.8 Å². The molecule has 1 aliphatic rings. The molecule has 8 nitrogen and oxygen atoms in total. The van der Waals surface area contributed by atoms with Crippen molar-refractivity contribution in [3.8, 4) is 0 Å². The van der Waals surface area contributed by atoms with Gasteiger partial charge in [0.25, 0.3) is 0 Å². The number of rotatable bonds is 6. The predicted octanol–water partition coefficient (Wildman–Crippen LogP) is -0.161. The minimum Gasteiger partial charge on any atom is -0.497 e. The van der Waals surface area contributed by atoms with Crippen LogP contribution in [0.1, 0.15) is 33.1 Å². The second-order valence-electron chi connectivity index (χ2n) is 5.59. The van der Waals surface area contributed by atoms with E-state index in [0.717, 1.165) is 0 Å². The van der Waals surface area contributed by atoms with Gasteiger partial charge in [0.2, 0.25) is 10.0 Å². The van der Waals surface area contributed by atoms with Gasteiger partial charge in [-0.15, -0.1) is 0 Å². The number of hydrogen-bond donors (Lipinski definition) is 1. The molecule has 1 fully saturated rings. The molecule has 1 heterocycles. The normalized spacial score (nSPS) is 20.6. The average molecular weight is 346 g/mol. The smallest absolute Gasteiger partial charge is 0.497 e. The van der Waals surface area contributed by atoms with Crippen molar-refractivity contribution in [1.82, 2.24) is 4.90 Å². The summed E-state index contributed by atoms with van der Waals surface area (Å²) in [6, 6.07) is 0. The van der Waals surface area contributed by atoms with Crippen LogP contribution in [0.25, 0.3) is 0 Å². The fourth-order valence-corrected chi connectivity index (χ4v) is 3.54. The molecule has 130 valence electrons. The molecule has 0 aromatic heterocycles. The average Bonchev–Trinajstić information content (AvgIpc) is 2.39. The number of sulfonamides is 1. The van der Waals surface area contributed by atoms with Gasteiger partial charge in [0.1, 0.15) is 0 Å². The Morgan fingerprint density at radius 1 is 1.30 bits per heavy atom. The summed E-state index contributed by atoms with van der Waals surface area (Å²) in [5.74, 6) is -1.36. The lowest BCUT2D eigenvalue weighted by Crippen LogP contribution is -2.60. The van der Waals surface area contributed by atoms with Crippen molar-refractivity contribution in [1.29, 1.82) is 0 Å². The Kier molecular flexibility index (Phi) is 6.78. The Hall–Kier alpha value is -1.39. The second-order valence-corrected chi connectivity index (χ2v) is 7.44. The van der Waals surface area contributed by atoms with Crippen molar-refractivity contribution >= 4 is 29.1 Å². The Morgan fingerprint density at radius 3 is 2.22 bits per heavy atom. The monoisotopic (exact) mass is 346 g/mol. The highest BCUT2D eigenvalue weighted by atomic mass is 32.2. The van der Waals surface area contributed by atoms with Crippen LogP contribution in [0.5, 0.6) is 0 Å². The molecule has 2 N–H and O–H groups in total. The van der Waals surface area contributed by atoms with Crippen LogP contribution in [0.4, 0.5) is 0 Å². The topological polar surface area (TPSA) is 116 Å². The maximum atomic E-state index is 12.3. The third kappa shape index (κ3) is 4.79. The predicted molar refractivity (Wildman–Crippen MR) is 85.6 cm³/mol. The third-order valence-electron chi connectivity index (χ3n) is 3.57. The maximum Gasteiger partial charge on any atom is 0.626 e. The number of unbranched alkanes of at least 4 members (excludes halogenated alkanes) is 1. The van der Waals surface area contributed by atoms with Gasteiger partial charge in [0, 0.05) is 0 Å². The number of likely N-dealkylation sites (N-methyl/N-ethyl adjacent to an activating group) is 1. The van der Waals surface area contributed by atoms with Crippen LogP contribution in [0.2, 0.25) is 0 Å². The summed E-state index contributed by atoms with van der Waals surface area (Å²) >= 11 is 0.